The summed E-state index contributed by atoms with van der Waals surface area (Å²) in [5, 5.41) is 8.87. The zero-order valence-electron chi connectivity index (χ0n) is 15.1. The molecular weight excluding hydrogens is 368 g/mol. The van der Waals surface area contributed by atoms with E-state index in [0.717, 1.165) is 34.5 Å². The average molecular weight is 393 g/mol. The molecule has 0 radical (unpaired) electrons. The van der Waals surface area contributed by atoms with Crippen molar-refractivity contribution in [3.63, 3.8) is 0 Å². The van der Waals surface area contributed by atoms with E-state index in [2.05, 4.69) is 18.9 Å². The lowest BCUT2D eigenvalue weighted by atomic mass is 10.1. The van der Waals surface area contributed by atoms with Crippen LogP contribution in [0.15, 0.2) is 29.2 Å². The van der Waals surface area contributed by atoms with Crippen LogP contribution in [0.3, 0.4) is 0 Å². The van der Waals surface area contributed by atoms with Gasteiger partial charge in [-0.05, 0) is 30.2 Å². The van der Waals surface area contributed by atoms with Crippen molar-refractivity contribution in [1.82, 2.24) is 4.90 Å². The molecule has 0 bridgehead atoms. The molecule has 1 heterocycles. The Labute approximate surface area is 164 Å². The monoisotopic (exact) mass is 392 g/mol. The number of carboxylic acids is 1. The Morgan fingerprint density at radius 2 is 1.96 bits per heavy atom. The highest BCUT2D eigenvalue weighted by molar-refractivity contribution is 8.26. The van der Waals surface area contributed by atoms with E-state index in [9.17, 15) is 9.59 Å². The molecule has 5 nitrogen and oxygen atoms in total. The number of hydrogen-bond acceptors (Lipinski definition) is 5. The number of hydrogen-bond donors (Lipinski definition) is 1. The summed E-state index contributed by atoms with van der Waals surface area (Å²) in [6.45, 7) is 2.83. The van der Waals surface area contributed by atoms with Crippen molar-refractivity contribution >= 4 is 51.9 Å². The molecule has 0 unspecified atom stereocenters. The van der Waals surface area contributed by atoms with Gasteiger partial charge in [-0.3, -0.25) is 14.5 Å². The van der Waals surface area contributed by atoms with Gasteiger partial charge in [0.05, 0.1) is 4.91 Å². The molecule has 1 aliphatic heterocycles. The number of thiocarbonyl (C=S) groups is 1. The van der Waals surface area contributed by atoms with Gasteiger partial charge in [-0.1, -0.05) is 62.3 Å². The molecule has 2 rings (SSSR count). The summed E-state index contributed by atoms with van der Waals surface area (Å²) in [7, 11) is 2.08. The van der Waals surface area contributed by atoms with E-state index >= 15 is 0 Å². The highest BCUT2D eigenvalue weighted by atomic mass is 32.2. The molecule has 1 aliphatic rings. The molecule has 0 spiro atoms. The summed E-state index contributed by atoms with van der Waals surface area (Å²) in [5.74, 6) is -1.42. The molecule has 0 atom stereocenters. The average Bonchev–Trinajstić information content (AvgIpc) is 2.86. The first kappa shape index (κ1) is 20.5. The number of carboxylic acid groups (broad SMARTS) is 1. The van der Waals surface area contributed by atoms with Crippen LogP contribution in [-0.4, -0.2) is 46.3 Å². The topological polar surface area (TPSA) is 60.9 Å². The van der Waals surface area contributed by atoms with Crippen LogP contribution in [0.25, 0.3) is 6.08 Å². The van der Waals surface area contributed by atoms with Gasteiger partial charge in [-0.2, -0.15) is 0 Å². The molecular formula is C19H24N2O3S2. The van der Waals surface area contributed by atoms with Crippen LogP contribution in [0.5, 0.6) is 0 Å². The molecule has 140 valence electrons. The maximum Gasteiger partial charge on any atom is 0.323 e. The lowest BCUT2D eigenvalue weighted by molar-refractivity contribution is -0.140. The fourth-order valence-electron chi connectivity index (χ4n) is 2.65. The van der Waals surface area contributed by atoms with E-state index in [-0.39, 0.29) is 10.2 Å². The number of nitrogens with zero attached hydrogens (tertiary/aromatic N) is 2. The lowest BCUT2D eigenvalue weighted by Gasteiger charge is -2.19. The first-order valence-electron chi connectivity index (χ1n) is 8.70. The van der Waals surface area contributed by atoms with Gasteiger partial charge < -0.3 is 10.0 Å². The fraction of sp³-hybridized carbons (Fsp3) is 0.421. The SMILES string of the molecule is CCCCCCN(C)c1ccc(C=C2SC(=S)N(CC(=O)O)C2=O)cc1. The normalized spacial score (nSPS) is 15.8. The quantitative estimate of drug-likeness (QED) is 0.390. The minimum atomic E-state index is -1.08. The van der Waals surface area contributed by atoms with E-state index in [1.165, 1.54) is 25.7 Å². The standard InChI is InChI=1S/C19H24N2O3S2/c1-3-4-5-6-11-20(2)15-9-7-14(8-10-15)12-16-18(24)21(13-17(22)23)19(25)26-16/h7-10,12H,3-6,11,13H2,1-2H3,(H,22,23). The lowest BCUT2D eigenvalue weighted by Crippen LogP contribution is -2.33. The Balaban J connectivity index is 2.00. The van der Waals surface area contributed by atoms with Gasteiger partial charge in [0.15, 0.2) is 0 Å². The Bertz CT molecular complexity index is 701. The molecule has 0 saturated carbocycles. The van der Waals surface area contributed by atoms with Crippen LogP contribution >= 0.6 is 24.0 Å². The number of carbonyl (C=O) groups is 2. The minimum absolute atomic E-state index is 0.284. The van der Waals surface area contributed by atoms with Crippen LogP contribution in [-0.2, 0) is 9.59 Å². The third-order valence-electron chi connectivity index (χ3n) is 4.15. The number of thioether (sulfide) groups is 1. The second-order valence-corrected chi connectivity index (χ2v) is 7.91. The van der Waals surface area contributed by atoms with Crippen LogP contribution in [0.2, 0.25) is 0 Å². The van der Waals surface area contributed by atoms with E-state index in [0.29, 0.717) is 4.91 Å². The summed E-state index contributed by atoms with van der Waals surface area (Å²) >= 11 is 6.24. The molecule has 1 amide bonds. The van der Waals surface area contributed by atoms with E-state index in [4.69, 9.17) is 17.3 Å². The Morgan fingerprint density at radius 1 is 1.27 bits per heavy atom. The molecule has 1 fully saturated rings. The number of aliphatic carboxylic acids is 1. The predicted octanol–water partition coefficient (Wildman–Crippen LogP) is 3.99. The summed E-state index contributed by atoms with van der Waals surface area (Å²) in [6, 6.07) is 7.98. The second kappa shape index (κ2) is 9.73. The van der Waals surface area contributed by atoms with Gasteiger partial charge in [-0.15, -0.1) is 0 Å². The number of unbranched alkanes of at least 4 members (excludes halogenated alkanes) is 3. The predicted molar refractivity (Wildman–Crippen MR) is 111 cm³/mol. The van der Waals surface area contributed by atoms with Gasteiger partial charge in [0, 0.05) is 19.3 Å². The van der Waals surface area contributed by atoms with Crippen LogP contribution < -0.4 is 4.90 Å². The number of amides is 1. The van der Waals surface area contributed by atoms with Gasteiger partial charge in [-0.25, -0.2) is 0 Å². The summed E-state index contributed by atoms with van der Waals surface area (Å²) < 4.78 is 0.284. The maximum absolute atomic E-state index is 12.3. The smallest absolute Gasteiger partial charge is 0.323 e. The zero-order chi connectivity index (χ0) is 19.1. The second-order valence-electron chi connectivity index (χ2n) is 6.24. The molecule has 26 heavy (non-hydrogen) atoms. The molecule has 7 heteroatoms. The van der Waals surface area contributed by atoms with E-state index in [1.54, 1.807) is 6.08 Å². The maximum atomic E-state index is 12.3. The van der Waals surface area contributed by atoms with Crippen molar-refractivity contribution in [2.75, 3.05) is 25.0 Å². The van der Waals surface area contributed by atoms with Crippen molar-refractivity contribution in [3.8, 4) is 0 Å². The zero-order valence-corrected chi connectivity index (χ0v) is 16.7. The summed E-state index contributed by atoms with van der Waals surface area (Å²) in [5.41, 5.74) is 2.03. The Kier molecular flexibility index (Phi) is 7.66. The van der Waals surface area contributed by atoms with Crippen molar-refractivity contribution in [2.45, 2.75) is 32.6 Å². The van der Waals surface area contributed by atoms with Crippen molar-refractivity contribution < 1.29 is 14.7 Å². The molecule has 0 aliphatic carbocycles. The van der Waals surface area contributed by atoms with Crippen molar-refractivity contribution in [3.05, 3.63) is 34.7 Å². The minimum Gasteiger partial charge on any atom is -0.480 e. The van der Waals surface area contributed by atoms with Gasteiger partial charge in [0.25, 0.3) is 5.91 Å². The molecule has 1 aromatic carbocycles. The summed E-state index contributed by atoms with van der Waals surface area (Å²) in [6.07, 6.45) is 6.69. The van der Waals surface area contributed by atoms with Gasteiger partial charge in [0.1, 0.15) is 10.9 Å². The number of carbonyl (C=O) groups excluding carboxylic acids is 1. The third kappa shape index (κ3) is 5.57. The van der Waals surface area contributed by atoms with Crippen molar-refractivity contribution in [1.29, 1.82) is 0 Å². The molecule has 1 saturated heterocycles. The van der Waals surface area contributed by atoms with Gasteiger partial charge in [0.2, 0.25) is 0 Å². The van der Waals surface area contributed by atoms with E-state index in [1.807, 2.05) is 24.3 Å². The van der Waals surface area contributed by atoms with Crippen LogP contribution in [0.1, 0.15) is 38.2 Å². The number of benzene rings is 1. The first-order valence-corrected chi connectivity index (χ1v) is 9.93. The third-order valence-corrected chi connectivity index (χ3v) is 5.52. The molecule has 1 aromatic rings. The Hall–Kier alpha value is -1.86. The Morgan fingerprint density at radius 3 is 2.58 bits per heavy atom. The van der Waals surface area contributed by atoms with Crippen LogP contribution in [0.4, 0.5) is 5.69 Å². The molecule has 0 aromatic heterocycles. The van der Waals surface area contributed by atoms with Crippen molar-refractivity contribution in [2.24, 2.45) is 0 Å². The highest BCUT2D eigenvalue weighted by Gasteiger charge is 2.33. The summed E-state index contributed by atoms with van der Waals surface area (Å²) in [4.78, 5) is 26.9. The first-order chi connectivity index (χ1) is 12.4. The highest BCUT2D eigenvalue weighted by Crippen LogP contribution is 2.32. The van der Waals surface area contributed by atoms with E-state index < -0.39 is 12.5 Å². The number of rotatable bonds is 9. The fourth-order valence-corrected chi connectivity index (χ4v) is 3.91. The van der Waals surface area contributed by atoms with Crippen LogP contribution in [0, 0.1) is 0 Å². The largest absolute Gasteiger partial charge is 0.480 e. The number of anilines is 1. The van der Waals surface area contributed by atoms with Gasteiger partial charge >= 0.3 is 5.97 Å². The molecule has 1 N–H and O–H groups in total.